The number of hydrogen-bond acceptors (Lipinski definition) is 3. The van der Waals surface area contributed by atoms with Crippen LogP contribution in [0.1, 0.15) is 34.6 Å². The van der Waals surface area contributed by atoms with E-state index in [1.807, 2.05) is 25.7 Å². The second kappa shape index (κ2) is 6.02. The molecule has 0 aliphatic carbocycles. The highest BCUT2D eigenvalue weighted by atomic mass is 16.2. The molecule has 0 saturated carbocycles. The van der Waals surface area contributed by atoms with Crippen molar-refractivity contribution in [3.05, 3.63) is 0 Å². The molecule has 106 valence electrons. The molecular weight excluding hydrogens is 226 g/mol. The van der Waals surface area contributed by atoms with E-state index in [0.717, 1.165) is 32.7 Å². The summed E-state index contributed by atoms with van der Waals surface area (Å²) in [5.74, 6) is 0.788. The molecular formula is C14H29N3O. The van der Waals surface area contributed by atoms with E-state index in [2.05, 4.69) is 18.7 Å². The summed E-state index contributed by atoms with van der Waals surface area (Å²) in [7, 11) is 0. The van der Waals surface area contributed by atoms with Crippen LogP contribution in [0.15, 0.2) is 0 Å². The first-order valence-corrected chi connectivity index (χ1v) is 6.98. The van der Waals surface area contributed by atoms with Crippen molar-refractivity contribution < 1.29 is 4.79 Å². The zero-order chi connectivity index (χ0) is 13.9. The van der Waals surface area contributed by atoms with Crippen LogP contribution in [0.2, 0.25) is 0 Å². The fraction of sp³-hybridized carbons (Fsp3) is 0.929. The van der Waals surface area contributed by atoms with Crippen LogP contribution in [0.3, 0.4) is 0 Å². The van der Waals surface area contributed by atoms with E-state index in [0.29, 0.717) is 5.92 Å². The maximum Gasteiger partial charge on any atom is 0.240 e. The minimum atomic E-state index is -0.394. The van der Waals surface area contributed by atoms with Gasteiger partial charge in [-0.3, -0.25) is 9.69 Å². The van der Waals surface area contributed by atoms with Crippen LogP contribution < -0.4 is 5.73 Å². The first kappa shape index (κ1) is 15.4. The molecule has 0 spiro atoms. The van der Waals surface area contributed by atoms with Gasteiger partial charge in [0.15, 0.2) is 0 Å². The van der Waals surface area contributed by atoms with Crippen LogP contribution in [0.5, 0.6) is 0 Å². The van der Waals surface area contributed by atoms with Gasteiger partial charge in [0.2, 0.25) is 5.91 Å². The Labute approximate surface area is 111 Å². The molecule has 1 fully saturated rings. The molecule has 1 saturated heterocycles. The minimum absolute atomic E-state index is 0.103. The third-order valence-electron chi connectivity index (χ3n) is 3.51. The highest BCUT2D eigenvalue weighted by molar-refractivity contribution is 5.82. The van der Waals surface area contributed by atoms with Gasteiger partial charge in [0.05, 0.1) is 6.04 Å². The van der Waals surface area contributed by atoms with Crippen LogP contribution in [0, 0.1) is 11.3 Å². The molecule has 0 aromatic heterocycles. The van der Waals surface area contributed by atoms with Crippen molar-refractivity contribution in [2.24, 2.45) is 17.1 Å². The number of carbonyl (C=O) groups is 1. The average Bonchev–Trinajstić information content (AvgIpc) is 2.26. The van der Waals surface area contributed by atoms with Gasteiger partial charge in [-0.2, -0.15) is 0 Å². The van der Waals surface area contributed by atoms with E-state index >= 15 is 0 Å². The second-order valence-corrected chi connectivity index (χ2v) is 6.86. The molecule has 18 heavy (non-hydrogen) atoms. The molecule has 0 bridgehead atoms. The topological polar surface area (TPSA) is 49.6 Å². The highest BCUT2D eigenvalue weighted by Gasteiger charge is 2.32. The summed E-state index contributed by atoms with van der Waals surface area (Å²) in [4.78, 5) is 16.6. The number of nitrogens with zero attached hydrogens (tertiary/aromatic N) is 2. The van der Waals surface area contributed by atoms with Gasteiger partial charge in [0, 0.05) is 32.7 Å². The van der Waals surface area contributed by atoms with Gasteiger partial charge < -0.3 is 10.6 Å². The number of carbonyl (C=O) groups excluding carboxylic acids is 1. The normalized spacial score (nSPS) is 20.3. The zero-order valence-electron chi connectivity index (χ0n) is 12.6. The summed E-state index contributed by atoms with van der Waals surface area (Å²) in [6.45, 7) is 15.2. The first-order valence-electron chi connectivity index (χ1n) is 6.98. The Morgan fingerprint density at radius 3 is 2.06 bits per heavy atom. The largest absolute Gasteiger partial charge is 0.339 e. The van der Waals surface area contributed by atoms with Crippen LogP contribution in [-0.4, -0.2) is 54.5 Å². The van der Waals surface area contributed by atoms with Crippen molar-refractivity contribution in [1.29, 1.82) is 0 Å². The zero-order valence-corrected chi connectivity index (χ0v) is 12.6. The predicted molar refractivity (Wildman–Crippen MR) is 75.3 cm³/mol. The Kier molecular flexibility index (Phi) is 5.17. The van der Waals surface area contributed by atoms with Crippen LogP contribution in [0.4, 0.5) is 0 Å². The van der Waals surface area contributed by atoms with Gasteiger partial charge >= 0.3 is 0 Å². The SMILES string of the molecule is CC(C)CN1CCN(C(=O)C(N)C(C)(C)C)CC1. The Morgan fingerprint density at radius 2 is 1.67 bits per heavy atom. The van der Waals surface area contributed by atoms with Gasteiger partial charge in [0.25, 0.3) is 0 Å². The fourth-order valence-corrected chi connectivity index (χ4v) is 2.23. The molecule has 1 heterocycles. The lowest BCUT2D eigenvalue weighted by Crippen LogP contribution is -2.56. The van der Waals surface area contributed by atoms with Gasteiger partial charge in [-0.1, -0.05) is 34.6 Å². The van der Waals surface area contributed by atoms with Gasteiger partial charge in [0.1, 0.15) is 0 Å². The monoisotopic (exact) mass is 255 g/mol. The predicted octanol–water partition coefficient (Wildman–Crippen LogP) is 1.16. The molecule has 4 nitrogen and oxygen atoms in total. The lowest BCUT2D eigenvalue weighted by molar-refractivity contribution is -0.136. The second-order valence-electron chi connectivity index (χ2n) is 6.86. The number of amides is 1. The number of rotatable bonds is 3. The smallest absolute Gasteiger partial charge is 0.240 e. The highest BCUT2D eigenvalue weighted by Crippen LogP contribution is 2.19. The van der Waals surface area contributed by atoms with Crippen molar-refractivity contribution >= 4 is 5.91 Å². The lowest BCUT2D eigenvalue weighted by atomic mass is 9.86. The third kappa shape index (κ3) is 4.25. The summed E-state index contributed by atoms with van der Waals surface area (Å²) < 4.78 is 0. The quantitative estimate of drug-likeness (QED) is 0.823. The summed E-state index contributed by atoms with van der Waals surface area (Å²) in [6, 6.07) is -0.394. The summed E-state index contributed by atoms with van der Waals surface area (Å²) in [5.41, 5.74) is 5.88. The number of nitrogens with two attached hydrogens (primary N) is 1. The van der Waals surface area contributed by atoms with E-state index < -0.39 is 6.04 Å². The van der Waals surface area contributed by atoms with Crippen LogP contribution in [-0.2, 0) is 4.79 Å². The van der Waals surface area contributed by atoms with Crippen molar-refractivity contribution in [1.82, 2.24) is 9.80 Å². The molecule has 1 aliphatic heterocycles. The average molecular weight is 255 g/mol. The Balaban J connectivity index is 2.45. The molecule has 1 amide bonds. The van der Waals surface area contributed by atoms with E-state index in [1.165, 1.54) is 0 Å². The molecule has 0 aromatic rings. The van der Waals surface area contributed by atoms with Crippen molar-refractivity contribution in [2.75, 3.05) is 32.7 Å². The summed E-state index contributed by atoms with van der Waals surface area (Å²) in [6.07, 6.45) is 0. The van der Waals surface area contributed by atoms with E-state index in [9.17, 15) is 4.79 Å². The maximum atomic E-state index is 12.3. The lowest BCUT2D eigenvalue weighted by Gasteiger charge is -2.38. The van der Waals surface area contributed by atoms with Crippen LogP contribution in [0.25, 0.3) is 0 Å². The molecule has 1 atom stereocenters. The van der Waals surface area contributed by atoms with Crippen molar-refractivity contribution in [3.8, 4) is 0 Å². The number of hydrogen-bond donors (Lipinski definition) is 1. The standard InChI is InChI=1S/C14H29N3O/c1-11(2)10-16-6-8-17(9-7-16)13(18)12(15)14(3,4)5/h11-12H,6-10,15H2,1-5H3. The maximum absolute atomic E-state index is 12.3. The van der Waals surface area contributed by atoms with Gasteiger partial charge in [-0.25, -0.2) is 0 Å². The molecule has 0 aromatic carbocycles. The minimum Gasteiger partial charge on any atom is -0.339 e. The molecule has 1 aliphatic rings. The first-order chi connectivity index (χ1) is 8.21. The Bertz CT molecular complexity index is 275. The number of piperazine rings is 1. The van der Waals surface area contributed by atoms with Gasteiger partial charge in [-0.05, 0) is 11.3 Å². The molecule has 1 rings (SSSR count). The fourth-order valence-electron chi connectivity index (χ4n) is 2.23. The van der Waals surface area contributed by atoms with Crippen LogP contribution >= 0.6 is 0 Å². The molecule has 1 unspecified atom stereocenters. The van der Waals surface area contributed by atoms with E-state index in [4.69, 9.17) is 5.73 Å². The van der Waals surface area contributed by atoms with E-state index in [1.54, 1.807) is 0 Å². The van der Waals surface area contributed by atoms with Gasteiger partial charge in [-0.15, -0.1) is 0 Å². The van der Waals surface area contributed by atoms with Crippen molar-refractivity contribution in [3.63, 3.8) is 0 Å². The summed E-state index contributed by atoms with van der Waals surface area (Å²) >= 11 is 0. The molecule has 0 radical (unpaired) electrons. The third-order valence-corrected chi connectivity index (χ3v) is 3.51. The Morgan fingerprint density at radius 1 is 1.17 bits per heavy atom. The van der Waals surface area contributed by atoms with E-state index in [-0.39, 0.29) is 11.3 Å². The van der Waals surface area contributed by atoms with Crippen molar-refractivity contribution in [2.45, 2.75) is 40.7 Å². The Hall–Kier alpha value is -0.610. The molecule has 2 N–H and O–H groups in total. The summed E-state index contributed by atoms with van der Waals surface area (Å²) in [5, 5.41) is 0. The molecule has 4 heteroatoms.